The Morgan fingerprint density at radius 3 is 3.00 bits per heavy atom. The zero-order valence-electron chi connectivity index (χ0n) is 10.4. The zero-order chi connectivity index (χ0) is 11.8. The molecule has 1 aliphatic heterocycles. The largest absolute Gasteiger partial charge is 0.380 e. The second-order valence-corrected chi connectivity index (χ2v) is 4.29. The molecule has 1 amide bonds. The smallest absolute Gasteiger partial charge is 0.237 e. The van der Waals surface area contributed by atoms with Crippen molar-refractivity contribution < 1.29 is 9.53 Å². The van der Waals surface area contributed by atoms with Gasteiger partial charge in [0.2, 0.25) is 5.91 Å². The maximum atomic E-state index is 11.8. The van der Waals surface area contributed by atoms with Crippen LogP contribution in [-0.4, -0.2) is 38.3 Å². The lowest BCUT2D eigenvalue weighted by atomic mass is 9.90. The van der Waals surface area contributed by atoms with Crippen molar-refractivity contribution in [3.8, 4) is 0 Å². The minimum absolute atomic E-state index is 0.000302. The van der Waals surface area contributed by atoms with Crippen molar-refractivity contribution in [1.29, 1.82) is 0 Å². The Morgan fingerprint density at radius 1 is 1.50 bits per heavy atom. The average molecular weight is 228 g/mol. The van der Waals surface area contributed by atoms with Crippen LogP contribution in [-0.2, 0) is 9.53 Å². The molecule has 2 atom stereocenters. The molecule has 2 N–H and O–H groups in total. The van der Waals surface area contributed by atoms with Gasteiger partial charge >= 0.3 is 0 Å². The Morgan fingerprint density at radius 2 is 2.31 bits per heavy atom. The van der Waals surface area contributed by atoms with E-state index in [1.807, 2.05) is 6.92 Å². The zero-order valence-corrected chi connectivity index (χ0v) is 10.4. The molecule has 1 aliphatic rings. The molecule has 0 aromatic heterocycles. The van der Waals surface area contributed by atoms with Crippen LogP contribution in [0.25, 0.3) is 0 Å². The highest BCUT2D eigenvalue weighted by atomic mass is 16.5. The van der Waals surface area contributed by atoms with Crippen LogP contribution in [0.15, 0.2) is 0 Å². The van der Waals surface area contributed by atoms with E-state index in [1.165, 1.54) is 12.8 Å². The van der Waals surface area contributed by atoms with Crippen molar-refractivity contribution in [3.63, 3.8) is 0 Å². The monoisotopic (exact) mass is 228 g/mol. The quantitative estimate of drug-likeness (QED) is 0.665. The lowest BCUT2D eigenvalue weighted by Gasteiger charge is -2.28. The number of rotatable bonds is 6. The van der Waals surface area contributed by atoms with Crippen molar-refractivity contribution in [2.24, 2.45) is 5.92 Å². The minimum atomic E-state index is 0.000302. The van der Waals surface area contributed by atoms with Gasteiger partial charge in [0.05, 0.1) is 12.6 Å². The van der Waals surface area contributed by atoms with Crippen LogP contribution in [0.5, 0.6) is 0 Å². The van der Waals surface area contributed by atoms with E-state index in [2.05, 4.69) is 17.6 Å². The number of hydrogen-bond acceptors (Lipinski definition) is 3. The van der Waals surface area contributed by atoms with Gasteiger partial charge in [-0.05, 0) is 32.2 Å². The summed E-state index contributed by atoms with van der Waals surface area (Å²) in [6.45, 7) is 7.03. The lowest BCUT2D eigenvalue weighted by molar-refractivity contribution is -0.124. The third kappa shape index (κ3) is 4.49. The van der Waals surface area contributed by atoms with Gasteiger partial charge in [0.15, 0.2) is 0 Å². The summed E-state index contributed by atoms with van der Waals surface area (Å²) in [6, 6.07) is 0.000302. The van der Waals surface area contributed by atoms with E-state index in [4.69, 9.17) is 4.74 Å². The number of piperidine rings is 1. The Labute approximate surface area is 98.1 Å². The molecule has 1 heterocycles. The van der Waals surface area contributed by atoms with Crippen molar-refractivity contribution in [3.05, 3.63) is 0 Å². The Balaban J connectivity index is 2.19. The highest BCUT2D eigenvalue weighted by Crippen LogP contribution is 2.19. The highest BCUT2D eigenvalue weighted by Gasteiger charge is 2.25. The fourth-order valence-electron chi connectivity index (χ4n) is 2.08. The standard InChI is InChI=1S/C12H24N2O2/c1-3-10-5-6-13-11(9-10)12(15)14-7-8-16-4-2/h10-11,13H,3-9H2,1-2H3,(H,14,15). The van der Waals surface area contributed by atoms with Crippen molar-refractivity contribution in [2.45, 2.75) is 39.2 Å². The first-order valence-electron chi connectivity index (χ1n) is 6.36. The third-order valence-corrected chi connectivity index (χ3v) is 3.16. The number of carbonyl (C=O) groups excluding carboxylic acids is 1. The van der Waals surface area contributed by atoms with Gasteiger partial charge in [-0.2, -0.15) is 0 Å². The molecule has 0 radical (unpaired) electrons. The average Bonchev–Trinajstić information content (AvgIpc) is 2.34. The molecular weight excluding hydrogens is 204 g/mol. The van der Waals surface area contributed by atoms with Gasteiger partial charge in [0, 0.05) is 13.2 Å². The Kier molecular flexibility index (Phi) is 6.42. The molecule has 0 spiro atoms. The Bertz CT molecular complexity index is 209. The van der Waals surface area contributed by atoms with E-state index in [9.17, 15) is 4.79 Å². The first kappa shape index (κ1) is 13.5. The van der Waals surface area contributed by atoms with Crippen molar-refractivity contribution in [1.82, 2.24) is 10.6 Å². The number of hydrogen-bond donors (Lipinski definition) is 2. The number of carbonyl (C=O) groups is 1. The summed E-state index contributed by atoms with van der Waals surface area (Å²) in [6.07, 6.45) is 3.33. The number of ether oxygens (including phenoxy) is 1. The highest BCUT2D eigenvalue weighted by molar-refractivity contribution is 5.81. The SMILES string of the molecule is CCOCCNC(=O)C1CC(CC)CCN1. The van der Waals surface area contributed by atoms with Gasteiger partial charge in [0.1, 0.15) is 0 Å². The van der Waals surface area contributed by atoms with E-state index in [-0.39, 0.29) is 11.9 Å². The molecule has 0 aromatic rings. The third-order valence-electron chi connectivity index (χ3n) is 3.16. The number of amides is 1. The van der Waals surface area contributed by atoms with Gasteiger partial charge in [-0.25, -0.2) is 0 Å². The molecule has 1 fully saturated rings. The molecule has 1 rings (SSSR count). The van der Waals surface area contributed by atoms with Gasteiger partial charge < -0.3 is 15.4 Å². The molecule has 1 saturated heterocycles. The summed E-state index contributed by atoms with van der Waals surface area (Å²) in [7, 11) is 0. The summed E-state index contributed by atoms with van der Waals surface area (Å²) >= 11 is 0. The van der Waals surface area contributed by atoms with E-state index in [0.29, 0.717) is 25.7 Å². The second-order valence-electron chi connectivity index (χ2n) is 4.29. The molecule has 0 aromatic carbocycles. The van der Waals surface area contributed by atoms with E-state index >= 15 is 0 Å². The maximum absolute atomic E-state index is 11.8. The molecule has 16 heavy (non-hydrogen) atoms. The second kappa shape index (κ2) is 7.63. The summed E-state index contributed by atoms with van der Waals surface area (Å²) in [5.41, 5.74) is 0. The Hall–Kier alpha value is -0.610. The van der Waals surface area contributed by atoms with Crippen LogP contribution in [0.3, 0.4) is 0 Å². The maximum Gasteiger partial charge on any atom is 0.237 e. The van der Waals surface area contributed by atoms with E-state index in [1.54, 1.807) is 0 Å². The lowest BCUT2D eigenvalue weighted by Crippen LogP contribution is -2.49. The van der Waals surface area contributed by atoms with Crippen molar-refractivity contribution in [2.75, 3.05) is 26.3 Å². The molecule has 4 nitrogen and oxygen atoms in total. The summed E-state index contributed by atoms with van der Waals surface area (Å²) in [5, 5.41) is 6.18. The van der Waals surface area contributed by atoms with Crippen molar-refractivity contribution >= 4 is 5.91 Å². The van der Waals surface area contributed by atoms with Crippen LogP contribution >= 0.6 is 0 Å². The van der Waals surface area contributed by atoms with E-state index < -0.39 is 0 Å². The molecule has 0 bridgehead atoms. The summed E-state index contributed by atoms with van der Waals surface area (Å²) in [5.74, 6) is 0.821. The number of nitrogens with one attached hydrogen (secondary N) is 2. The predicted octanol–water partition coefficient (Wildman–Crippen LogP) is 0.917. The molecular formula is C12H24N2O2. The molecule has 0 saturated carbocycles. The van der Waals surface area contributed by atoms with Gasteiger partial charge in [-0.3, -0.25) is 4.79 Å². The summed E-state index contributed by atoms with van der Waals surface area (Å²) < 4.78 is 5.18. The van der Waals surface area contributed by atoms with Crippen LogP contribution in [0.2, 0.25) is 0 Å². The fraction of sp³-hybridized carbons (Fsp3) is 0.917. The van der Waals surface area contributed by atoms with Gasteiger partial charge in [-0.15, -0.1) is 0 Å². The molecule has 0 aliphatic carbocycles. The van der Waals surface area contributed by atoms with E-state index in [0.717, 1.165) is 13.0 Å². The first-order chi connectivity index (χ1) is 7.77. The summed E-state index contributed by atoms with van der Waals surface area (Å²) in [4.78, 5) is 11.8. The topological polar surface area (TPSA) is 50.4 Å². The predicted molar refractivity (Wildman–Crippen MR) is 64.3 cm³/mol. The normalized spacial score (nSPS) is 25.4. The molecule has 94 valence electrons. The first-order valence-corrected chi connectivity index (χ1v) is 6.36. The van der Waals surface area contributed by atoms with Crippen LogP contribution in [0.1, 0.15) is 33.1 Å². The molecule has 4 heteroatoms. The van der Waals surface area contributed by atoms with Gasteiger partial charge in [-0.1, -0.05) is 13.3 Å². The minimum Gasteiger partial charge on any atom is -0.380 e. The van der Waals surface area contributed by atoms with Crippen LogP contribution < -0.4 is 10.6 Å². The molecule has 2 unspecified atom stereocenters. The van der Waals surface area contributed by atoms with Gasteiger partial charge in [0.25, 0.3) is 0 Å². The van der Waals surface area contributed by atoms with Crippen LogP contribution in [0.4, 0.5) is 0 Å². The van der Waals surface area contributed by atoms with Crippen LogP contribution in [0, 0.1) is 5.92 Å². The fourth-order valence-corrected chi connectivity index (χ4v) is 2.08.